The lowest BCUT2D eigenvalue weighted by Gasteiger charge is -2.06. The van der Waals surface area contributed by atoms with Crippen LogP contribution in [0.1, 0.15) is 10.4 Å². The van der Waals surface area contributed by atoms with Crippen molar-refractivity contribution in [2.24, 2.45) is 0 Å². The van der Waals surface area contributed by atoms with Crippen molar-refractivity contribution >= 4 is 29.1 Å². The van der Waals surface area contributed by atoms with E-state index in [2.05, 4.69) is 15.4 Å². The minimum atomic E-state index is -0.281. The third-order valence-corrected chi connectivity index (χ3v) is 2.74. The highest BCUT2D eigenvalue weighted by Crippen LogP contribution is 2.16. The topological polar surface area (TPSA) is 59.8 Å². The van der Waals surface area contributed by atoms with E-state index in [9.17, 15) is 4.79 Å². The summed E-state index contributed by atoms with van der Waals surface area (Å²) in [6.07, 6.45) is 3.50. The molecule has 94 valence electrons. The van der Waals surface area contributed by atoms with E-state index >= 15 is 0 Å². The number of hydrogen-bond acceptors (Lipinski definition) is 3. The highest BCUT2D eigenvalue weighted by molar-refractivity contribution is 6.34. The molecule has 0 aliphatic carbocycles. The monoisotopic (exact) mass is 284 g/mol. The number of carbonyl (C=O) groups excluding carboxylic acids is 1. The SMILES string of the molecule is O=C(NCCn1cccn1)c1ccc(Cl)nc1Cl. The van der Waals surface area contributed by atoms with E-state index in [0.717, 1.165) is 0 Å². The van der Waals surface area contributed by atoms with Crippen LogP contribution in [0.5, 0.6) is 0 Å². The number of nitrogens with one attached hydrogen (secondary N) is 1. The molecular weight excluding hydrogens is 275 g/mol. The molecule has 7 heteroatoms. The fourth-order valence-corrected chi connectivity index (χ4v) is 1.82. The summed E-state index contributed by atoms with van der Waals surface area (Å²) >= 11 is 11.5. The van der Waals surface area contributed by atoms with Crippen LogP contribution in [-0.4, -0.2) is 27.2 Å². The van der Waals surface area contributed by atoms with Gasteiger partial charge in [-0.3, -0.25) is 9.48 Å². The highest BCUT2D eigenvalue weighted by atomic mass is 35.5. The Morgan fingerprint density at radius 1 is 1.39 bits per heavy atom. The van der Waals surface area contributed by atoms with E-state index in [-0.39, 0.29) is 16.2 Å². The number of carbonyl (C=O) groups is 1. The van der Waals surface area contributed by atoms with Crippen LogP contribution in [0.25, 0.3) is 0 Å². The van der Waals surface area contributed by atoms with Gasteiger partial charge in [-0.25, -0.2) is 4.98 Å². The third kappa shape index (κ3) is 3.21. The number of nitrogens with zero attached hydrogens (tertiary/aromatic N) is 3. The van der Waals surface area contributed by atoms with Gasteiger partial charge in [0.05, 0.1) is 12.1 Å². The molecule has 2 heterocycles. The van der Waals surface area contributed by atoms with Gasteiger partial charge >= 0.3 is 0 Å². The van der Waals surface area contributed by atoms with Crippen LogP contribution in [0, 0.1) is 0 Å². The van der Waals surface area contributed by atoms with Gasteiger partial charge in [0.25, 0.3) is 5.91 Å². The van der Waals surface area contributed by atoms with Gasteiger partial charge in [-0.2, -0.15) is 5.10 Å². The van der Waals surface area contributed by atoms with Crippen molar-refractivity contribution in [2.75, 3.05) is 6.54 Å². The van der Waals surface area contributed by atoms with Crippen LogP contribution in [-0.2, 0) is 6.54 Å². The van der Waals surface area contributed by atoms with Gasteiger partial charge in [0.1, 0.15) is 10.3 Å². The van der Waals surface area contributed by atoms with Crippen molar-refractivity contribution in [3.63, 3.8) is 0 Å². The normalized spacial score (nSPS) is 10.3. The molecule has 0 aliphatic heterocycles. The zero-order valence-corrected chi connectivity index (χ0v) is 10.8. The molecule has 0 bridgehead atoms. The fraction of sp³-hybridized carbons (Fsp3) is 0.182. The number of halogens is 2. The molecule has 18 heavy (non-hydrogen) atoms. The molecule has 2 rings (SSSR count). The van der Waals surface area contributed by atoms with Gasteiger partial charge in [0, 0.05) is 18.9 Å². The maximum absolute atomic E-state index is 11.8. The molecule has 1 N–H and O–H groups in total. The van der Waals surface area contributed by atoms with E-state index in [1.165, 1.54) is 6.07 Å². The number of rotatable bonds is 4. The molecule has 0 atom stereocenters. The molecule has 1 amide bonds. The van der Waals surface area contributed by atoms with E-state index in [0.29, 0.717) is 18.7 Å². The second-order valence-corrected chi connectivity index (χ2v) is 4.24. The summed E-state index contributed by atoms with van der Waals surface area (Å²) in [5, 5.41) is 7.11. The Labute approximate surface area is 114 Å². The van der Waals surface area contributed by atoms with E-state index in [1.807, 2.05) is 12.3 Å². The summed E-state index contributed by atoms with van der Waals surface area (Å²) in [7, 11) is 0. The van der Waals surface area contributed by atoms with Crippen molar-refractivity contribution in [3.8, 4) is 0 Å². The summed E-state index contributed by atoms with van der Waals surface area (Å²) in [5.41, 5.74) is 0.307. The van der Waals surface area contributed by atoms with Crippen molar-refractivity contribution in [1.29, 1.82) is 0 Å². The van der Waals surface area contributed by atoms with Gasteiger partial charge in [-0.1, -0.05) is 23.2 Å². The third-order valence-electron chi connectivity index (χ3n) is 2.25. The van der Waals surface area contributed by atoms with Crippen LogP contribution in [0.4, 0.5) is 0 Å². The Bertz CT molecular complexity index is 542. The van der Waals surface area contributed by atoms with Gasteiger partial charge in [0.15, 0.2) is 0 Å². The first-order chi connectivity index (χ1) is 8.66. The average molecular weight is 285 g/mol. The summed E-state index contributed by atoms with van der Waals surface area (Å²) in [4.78, 5) is 15.6. The predicted molar refractivity (Wildman–Crippen MR) is 68.8 cm³/mol. The molecule has 0 aromatic carbocycles. The molecular formula is C11H10Cl2N4O. The Morgan fingerprint density at radius 2 is 2.22 bits per heavy atom. The van der Waals surface area contributed by atoms with E-state index in [1.54, 1.807) is 16.9 Å². The summed E-state index contributed by atoms with van der Waals surface area (Å²) in [6, 6.07) is 4.89. The van der Waals surface area contributed by atoms with Crippen molar-refractivity contribution < 1.29 is 4.79 Å². The second-order valence-electron chi connectivity index (χ2n) is 3.50. The smallest absolute Gasteiger partial charge is 0.254 e. The predicted octanol–water partition coefficient (Wildman–Crippen LogP) is 2.01. The number of amides is 1. The van der Waals surface area contributed by atoms with Crippen molar-refractivity contribution in [2.45, 2.75) is 6.54 Å². The molecule has 0 radical (unpaired) electrons. The Hall–Kier alpha value is -1.59. The second kappa shape index (κ2) is 5.84. The maximum Gasteiger partial charge on any atom is 0.254 e. The zero-order valence-electron chi connectivity index (χ0n) is 9.31. The first-order valence-corrected chi connectivity index (χ1v) is 6.00. The molecule has 5 nitrogen and oxygen atoms in total. The first kappa shape index (κ1) is 12.9. The molecule has 0 fully saturated rings. The number of pyridine rings is 1. The lowest BCUT2D eigenvalue weighted by Crippen LogP contribution is -2.27. The van der Waals surface area contributed by atoms with Crippen LogP contribution in [0.15, 0.2) is 30.6 Å². The molecule has 0 saturated heterocycles. The van der Waals surface area contributed by atoms with Crippen molar-refractivity contribution in [3.05, 3.63) is 46.5 Å². The molecule has 0 aliphatic rings. The average Bonchev–Trinajstić information content (AvgIpc) is 2.81. The van der Waals surface area contributed by atoms with Gasteiger partial charge in [0.2, 0.25) is 0 Å². The lowest BCUT2D eigenvalue weighted by molar-refractivity contribution is 0.0952. The Morgan fingerprint density at radius 3 is 2.89 bits per heavy atom. The van der Waals surface area contributed by atoms with Crippen LogP contribution >= 0.6 is 23.2 Å². The maximum atomic E-state index is 11.8. The van der Waals surface area contributed by atoms with Gasteiger partial charge in [-0.15, -0.1) is 0 Å². The van der Waals surface area contributed by atoms with Crippen LogP contribution in [0.2, 0.25) is 10.3 Å². The fourth-order valence-electron chi connectivity index (χ4n) is 1.39. The minimum Gasteiger partial charge on any atom is -0.350 e. The van der Waals surface area contributed by atoms with E-state index < -0.39 is 0 Å². The molecule has 2 aromatic heterocycles. The summed E-state index contributed by atoms with van der Waals surface area (Å²) in [5.74, 6) is -0.281. The minimum absolute atomic E-state index is 0.0964. The molecule has 0 spiro atoms. The highest BCUT2D eigenvalue weighted by Gasteiger charge is 2.11. The van der Waals surface area contributed by atoms with Gasteiger partial charge < -0.3 is 5.32 Å². The summed E-state index contributed by atoms with van der Waals surface area (Å²) in [6.45, 7) is 1.05. The van der Waals surface area contributed by atoms with E-state index in [4.69, 9.17) is 23.2 Å². The number of aromatic nitrogens is 3. The van der Waals surface area contributed by atoms with Gasteiger partial charge in [-0.05, 0) is 18.2 Å². The quantitative estimate of drug-likeness (QED) is 0.874. The molecule has 2 aromatic rings. The summed E-state index contributed by atoms with van der Waals surface area (Å²) < 4.78 is 1.72. The standard InChI is InChI=1S/C11H10Cl2N4O/c12-9-3-2-8(10(13)16-9)11(18)14-5-7-17-6-1-4-15-17/h1-4,6H,5,7H2,(H,14,18). The number of hydrogen-bond donors (Lipinski definition) is 1. The zero-order chi connectivity index (χ0) is 13.0. The van der Waals surface area contributed by atoms with Crippen molar-refractivity contribution in [1.82, 2.24) is 20.1 Å². The first-order valence-electron chi connectivity index (χ1n) is 5.24. The Balaban J connectivity index is 1.91. The Kier molecular flexibility index (Phi) is 4.17. The largest absolute Gasteiger partial charge is 0.350 e. The lowest BCUT2D eigenvalue weighted by atomic mass is 10.2. The molecule has 0 unspecified atom stereocenters. The molecule has 0 saturated carbocycles. The van der Waals surface area contributed by atoms with Crippen LogP contribution < -0.4 is 5.32 Å². The van der Waals surface area contributed by atoms with Crippen LogP contribution in [0.3, 0.4) is 0 Å².